The quantitative estimate of drug-likeness (QED) is 0.804. The maximum atomic E-state index is 11.9. The zero-order valence-corrected chi connectivity index (χ0v) is 12.1. The lowest BCUT2D eigenvalue weighted by molar-refractivity contribution is 0.412. The molecule has 0 radical (unpaired) electrons. The van der Waals surface area contributed by atoms with E-state index in [0.29, 0.717) is 18.9 Å². The molecule has 1 heterocycles. The van der Waals surface area contributed by atoms with E-state index < -0.39 is 10.0 Å². The minimum atomic E-state index is -3.55. The first-order valence-electron chi connectivity index (χ1n) is 5.34. The highest BCUT2D eigenvalue weighted by atomic mass is 35.5. The molecule has 0 saturated carbocycles. The van der Waals surface area contributed by atoms with Crippen LogP contribution in [0.3, 0.4) is 0 Å². The predicted octanol–water partition coefficient (Wildman–Crippen LogP) is 0.617. The number of sulfonamides is 1. The molecule has 0 saturated heterocycles. The van der Waals surface area contributed by atoms with Crippen LogP contribution in [0.15, 0.2) is 17.2 Å². The van der Waals surface area contributed by atoms with Crippen LogP contribution in [0.5, 0.6) is 0 Å². The van der Waals surface area contributed by atoms with Gasteiger partial charge in [-0.3, -0.25) is 0 Å². The molecular weight excluding hydrogens is 276 g/mol. The van der Waals surface area contributed by atoms with Gasteiger partial charge >= 0.3 is 0 Å². The minimum absolute atomic E-state index is 0.0604. The second-order valence-corrected chi connectivity index (χ2v) is 6.13. The summed E-state index contributed by atoms with van der Waals surface area (Å²) < 4.78 is 26.3. The molecule has 8 heteroatoms. The third-order valence-electron chi connectivity index (χ3n) is 2.21. The molecule has 102 valence electrons. The molecule has 1 aromatic heterocycles. The Morgan fingerprint density at radius 2 is 2.11 bits per heavy atom. The first-order valence-corrected chi connectivity index (χ1v) is 7.20. The van der Waals surface area contributed by atoms with Crippen molar-refractivity contribution in [3.8, 4) is 0 Å². The molecule has 0 aliphatic rings. The van der Waals surface area contributed by atoms with Gasteiger partial charge in [0.05, 0.1) is 5.02 Å². The summed E-state index contributed by atoms with van der Waals surface area (Å²) in [5.41, 5.74) is 0. The molecule has 0 unspecified atom stereocenters. The van der Waals surface area contributed by atoms with Gasteiger partial charge in [0.25, 0.3) is 0 Å². The van der Waals surface area contributed by atoms with Gasteiger partial charge in [-0.25, -0.2) is 18.1 Å². The summed E-state index contributed by atoms with van der Waals surface area (Å²) in [5.74, 6) is 0.448. The van der Waals surface area contributed by atoms with Gasteiger partial charge < -0.3 is 10.2 Å². The summed E-state index contributed by atoms with van der Waals surface area (Å²) in [4.78, 5) is 5.88. The molecule has 0 aromatic carbocycles. The van der Waals surface area contributed by atoms with Crippen LogP contribution in [0.1, 0.15) is 0 Å². The zero-order chi connectivity index (χ0) is 13.8. The van der Waals surface area contributed by atoms with Crippen molar-refractivity contribution in [2.24, 2.45) is 0 Å². The van der Waals surface area contributed by atoms with Crippen LogP contribution in [-0.4, -0.2) is 52.5 Å². The number of nitrogens with one attached hydrogen (secondary N) is 2. The number of aromatic nitrogens is 1. The van der Waals surface area contributed by atoms with Gasteiger partial charge in [-0.1, -0.05) is 11.6 Å². The van der Waals surface area contributed by atoms with E-state index in [9.17, 15) is 8.42 Å². The van der Waals surface area contributed by atoms with Gasteiger partial charge in [0, 0.05) is 26.3 Å². The predicted molar refractivity (Wildman–Crippen MR) is 72.5 cm³/mol. The lowest BCUT2D eigenvalue weighted by Crippen LogP contribution is -2.31. The molecule has 0 atom stereocenters. The molecule has 0 fully saturated rings. The van der Waals surface area contributed by atoms with Crippen LogP contribution in [0.25, 0.3) is 0 Å². The number of rotatable bonds is 6. The van der Waals surface area contributed by atoms with E-state index >= 15 is 0 Å². The SMILES string of the molecule is CNc1ncc(S(=O)(=O)NCCN(C)C)cc1Cl. The topological polar surface area (TPSA) is 74.3 Å². The number of hydrogen-bond donors (Lipinski definition) is 2. The van der Waals surface area contributed by atoms with E-state index in [0.717, 1.165) is 0 Å². The van der Waals surface area contributed by atoms with Crippen LogP contribution in [0.4, 0.5) is 5.82 Å². The van der Waals surface area contributed by atoms with E-state index in [1.165, 1.54) is 12.3 Å². The van der Waals surface area contributed by atoms with E-state index in [2.05, 4.69) is 15.0 Å². The highest BCUT2D eigenvalue weighted by Gasteiger charge is 2.15. The molecule has 0 aliphatic carbocycles. The van der Waals surface area contributed by atoms with E-state index in [4.69, 9.17) is 11.6 Å². The van der Waals surface area contributed by atoms with Gasteiger partial charge in [-0.05, 0) is 20.2 Å². The average molecular weight is 293 g/mol. The normalized spacial score (nSPS) is 11.8. The monoisotopic (exact) mass is 292 g/mol. The summed E-state index contributed by atoms with van der Waals surface area (Å²) in [6.45, 7) is 0.954. The smallest absolute Gasteiger partial charge is 0.242 e. The number of likely N-dealkylation sites (N-methyl/N-ethyl adjacent to an activating group) is 1. The maximum Gasteiger partial charge on any atom is 0.242 e. The number of hydrogen-bond acceptors (Lipinski definition) is 5. The molecule has 0 amide bonds. The first-order chi connectivity index (χ1) is 8.36. The number of nitrogens with zero attached hydrogens (tertiary/aromatic N) is 2. The minimum Gasteiger partial charge on any atom is -0.372 e. The molecule has 18 heavy (non-hydrogen) atoms. The molecule has 1 aromatic rings. The van der Waals surface area contributed by atoms with Crippen LogP contribution in [0.2, 0.25) is 5.02 Å². The highest BCUT2D eigenvalue weighted by molar-refractivity contribution is 7.89. The summed E-state index contributed by atoms with van der Waals surface area (Å²) >= 11 is 5.89. The molecule has 6 nitrogen and oxygen atoms in total. The second kappa shape index (κ2) is 6.33. The number of halogens is 1. The summed E-state index contributed by atoms with van der Waals surface area (Å²) in [6.07, 6.45) is 1.27. The number of pyridine rings is 1. The fourth-order valence-electron chi connectivity index (χ4n) is 1.24. The average Bonchev–Trinajstić information content (AvgIpc) is 2.28. The van der Waals surface area contributed by atoms with Crippen LogP contribution < -0.4 is 10.0 Å². The summed E-state index contributed by atoms with van der Waals surface area (Å²) in [6, 6.07) is 1.37. The fourth-order valence-corrected chi connectivity index (χ4v) is 2.55. The first kappa shape index (κ1) is 15.2. The van der Waals surface area contributed by atoms with Crippen molar-refractivity contribution in [1.82, 2.24) is 14.6 Å². The maximum absolute atomic E-state index is 11.9. The Kier molecular flexibility index (Phi) is 5.33. The number of anilines is 1. The van der Waals surface area contributed by atoms with Crippen LogP contribution in [0, 0.1) is 0 Å². The third kappa shape index (κ3) is 4.09. The Morgan fingerprint density at radius 3 is 2.61 bits per heavy atom. The van der Waals surface area contributed by atoms with Crippen molar-refractivity contribution in [3.05, 3.63) is 17.3 Å². The lowest BCUT2D eigenvalue weighted by atomic mass is 10.4. The Bertz CT molecular complexity index is 505. The Labute approximate surface area is 112 Å². The lowest BCUT2D eigenvalue weighted by Gasteiger charge is -2.11. The van der Waals surface area contributed by atoms with Crippen molar-refractivity contribution in [3.63, 3.8) is 0 Å². The Morgan fingerprint density at radius 1 is 1.44 bits per heavy atom. The van der Waals surface area contributed by atoms with Crippen molar-refractivity contribution in [1.29, 1.82) is 0 Å². The van der Waals surface area contributed by atoms with Crippen LogP contribution in [-0.2, 0) is 10.0 Å². The molecule has 0 aliphatic heterocycles. The van der Waals surface area contributed by atoms with Crippen LogP contribution >= 0.6 is 11.6 Å². The standard InChI is InChI=1S/C10H17ClN4O2S/c1-12-10-9(11)6-8(7-13-10)18(16,17)14-4-5-15(2)3/h6-7,14H,4-5H2,1-3H3,(H,12,13). The van der Waals surface area contributed by atoms with Crippen molar-refractivity contribution in [2.75, 3.05) is 39.5 Å². The molecule has 0 spiro atoms. The third-order valence-corrected chi connectivity index (χ3v) is 3.93. The van der Waals surface area contributed by atoms with Crippen molar-refractivity contribution >= 4 is 27.4 Å². The van der Waals surface area contributed by atoms with Crippen molar-refractivity contribution in [2.45, 2.75) is 4.90 Å². The summed E-state index contributed by atoms with van der Waals surface area (Å²) in [7, 11) is 1.85. The van der Waals surface area contributed by atoms with E-state index in [1.54, 1.807) is 7.05 Å². The van der Waals surface area contributed by atoms with Gasteiger partial charge in [0.1, 0.15) is 10.7 Å². The van der Waals surface area contributed by atoms with Crippen molar-refractivity contribution < 1.29 is 8.42 Å². The van der Waals surface area contributed by atoms with E-state index in [1.807, 2.05) is 19.0 Å². The summed E-state index contributed by atoms with van der Waals surface area (Å²) in [5, 5.41) is 3.04. The largest absolute Gasteiger partial charge is 0.372 e. The highest BCUT2D eigenvalue weighted by Crippen LogP contribution is 2.21. The van der Waals surface area contributed by atoms with Gasteiger partial charge in [-0.15, -0.1) is 0 Å². The second-order valence-electron chi connectivity index (χ2n) is 3.95. The Hall–Kier alpha value is -0.890. The van der Waals surface area contributed by atoms with Gasteiger partial charge in [0.2, 0.25) is 10.0 Å². The molecule has 1 rings (SSSR count). The van der Waals surface area contributed by atoms with Gasteiger partial charge in [-0.2, -0.15) is 0 Å². The zero-order valence-electron chi connectivity index (χ0n) is 10.6. The van der Waals surface area contributed by atoms with Gasteiger partial charge in [0.15, 0.2) is 0 Å². The molecular formula is C10H17ClN4O2S. The molecule has 0 bridgehead atoms. The Balaban J connectivity index is 2.82. The molecule has 2 N–H and O–H groups in total. The fraction of sp³-hybridized carbons (Fsp3) is 0.500. The van der Waals surface area contributed by atoms with E-state index in [-0.39, 0.29) is 9.92 Å².